The summed E-state index contributed by atoms with van der Waals surface area (Å²) in [6, 6.07) is 0. The predicted molar refractivity (Wildman–Crippen MR) is 74.9 cm³/mol. The number of hydrogen-bond acceptors (Lipinski definition) is 4. The molecular formula is C14H22FN3O2. The Morgan fingerprint density at radius 3 is 2.45 bits per heavy atom. The molecule has 0 aromatic carbocycles. The highest BCUT2D eigenvalue weighted by molar-refractivity contribution is 5.66. The van der Waals surface area contributed by atoms with E-state index >= 15 is 0 Å². The standard InChI is InChI=1S/C14H22FN3O2/c1-14(2,3)10(4-5-12(19)20)6-7-16-13-17-8-11(15)9-18-13/h8-10H,4-7H2,1-3H3,(H,19,20)(H,16,17,18). The molecule has 20 heavy (non-hydrogen) atoms. The van der Waals surface area contributed by atoms with E-state index < -0.39 is 11.8 Å². The quantitative estimate of drug-likeness (QED) is 0.804. The zero-order valence-electron chi connectivity index (χ0n) is 12.2. The number of carboxylic acids is 1. The smallest absolute Gasteiger partial charge is 0.303 e. The molecule has 112 valence electrons. The zero-order valence-corrected chi connectivity index (χ0v) is 12.2. The van der Waals surface area contributed by atoms with Gasteiger partial charge in [-0.25, -0.2) is 14.4 Å². The Kier molecular flexibility index (Phi) is 5.85. The average molecular weight is 283 g/mol. The maximum Gasteiger partial charge on any atom is 0.303 e. The van der Waals surface area contributed by atoms with Crippen LogP contribution in [0.15, 0.2) is 12.4 Å². The van der Waals surface area contributed by atoms with E-state index in [4.69, 9.17) is 5.11 Å². The van der Waals surface area contributed by atoms with Gasteiger partial charge in [-0.3, -0.25) is 4.79 Å². The maximum absolute atomic E-state index is 12.7. The number of aromatic nitrogens is 2. The second kappa shape index (κ2) is 7.17. The van der Waals surface area contributed by atoms with Crippen LogP contribution in [0.2, 0.25) is 0 Å². The number of halogens is 1. The molecule has 0 amide bonds. The number of aliphatic carboxylic acids is 1. The SMILES string of the molecule is CC(C)(C)C(CCNc1ncc(F)cn1)CCC(=O)O. The highest BCUT2D eigenvalue weighted by Crippen LogP contribution is 2.32. The van der Waals surface area contributed by atoms with Gasteiger partial charge in [0.2, 0.25) is 5.95 Å². The van der Waals surface area contributed by atoms with E-state index in [-0.39, 0.29) is 17.8 Å². The van der Waals surface area contributed by atoms with Gasteiger partial charge in [0.15, 0.2) is 5.82 Å². The molecule has 1 atom stereocenters. The normalized spacial score (nSPS) is 13.0. The molecule has 1 unspecified atom stereocenters. The fraction of sp³-hybridized carbons (Fsp3) is 0.643. The largest absolute Gasteiger partial charge is 0.481 e. The van der Waals surface area contributed by atoms with Crippen molar-refractivity contribution < 1.29 is 14.3 Å². The van der Waals surface area contributed by atoms with Crippen LogP contribution in [0.3, 0.4) is 0 Å². The summed E-state index contributed by atoms with van der Waals surface area (Å²) in [6.45, 7) is 6.95. The van der Waals surface area contributed by atoms with Gasteiger partial charge in [-0.15, -0.1) is 0 Å². The van der Waals surface area contributed by atoms with Gasteiger partial charge in [-0.1, -0.05) is 20.8 Å². The Bertz CT molecular complexity index is 429. The molecular weight excluding hydrogens is 261 g/mol. The Morgan fingerprint density at radius 1 is 1.35 bits per heavy atom. The van der Waals surface area contributed by atoms with Crippen LogP contribution in [-0.4, -0.2) is 27.6 Å². The van der Waals surface area contributed by atoms with Crippen LogP contribution in [-0.2, 0) is 4.79 Å². The van der Waals surface area contributed by atoms with E-state index in [0.717, 1.165) is 18.8 Å². The minimum absolute atomic E-state index is 0.0424. The average Bonchev–Trinajstić information content (AvgIpc) is 2.34. The number of nitrogens with one attached hydrogen (secondary N) is 1. The number of carboxylic acid groups (broad SMARTS) is 1. The van der Waals surface area contributed by atoms with Crippen LogP contribution >= 0.6 is 0 Å². The first kappa shape index (κ1) is 16.3. The number of nitrogens with zero attached hydrogens (tertiary/aromatic N) is 2. The Labute approximate surface area is 118 Å². The van der Waals surface area contributed by atoms with Crippen molar-refractivity contribution in [1.29, 1.82) is 0 Å². The molecule has 5 nitrogen and oxygen atoms in total. The second-order valence-electron chi connectivity index (χ2n) is 5.94. The molecule has 0 fully saturated rings. The van der Waals surface area contributed by atoms with E-state index in [1.807, 2.05) is 0 Å². The lowest BCUT2D eigenvalue weighted by molar-refractivity contribution is -0.137. The topological polar surface area (TPSA) is 75.1 Å². The number of anilines is 1. The van der Waals surface area contributed by atoms with Crippen LogP contribution in [0.25, 0.3) is 0 Å². The number of hydrogen-bond donors (Lipinski definition) is 2. The summed E-state index contributed by atoms with van der Waals surface area (Å²) in [5.74, 6) is -0.567. The van der Waals surface area contributed by atoms with Gasteiger partial charge in [0.1, 0.15) is 0 Å². The molecule has 1 aromatic rings. The lowest BCUT2D eigenvalue weighted by Gasteiger charge is -2.30. The lowest BCUT2D eigenvalue weighted by Crippen LogP contribution is -2.24. The molecule has 0 saturated carbocycles. The number of rotatable bonds is 7. The molecule has 0 aliphatic rings. The van der Waals surface area contributed by atoms with Crippen molar-refractivity contribution in [3.63, 3.8) is 0 Å². The van der Waals surface area contributed by atoms with Crippen molar-refractivity contribution in [2.24, 2.45) is 11.3 Å². The molecule has 0 saturated heterocycles. The highest BCUT2D eigenvalue weighted by atomic mass is 19.1. The molecule has 1 heterocycles. The summed E-state index contributed by atoms with van der Waals surface area (Å²) in [4.78, 5) is 18.3. The third-order valence-corrected chi connectivity index (χ3v) is 3.33. The lowest BCUT2D eigenvalue weighted by atomic mass is 9.76. The maximum atomic E-state index is 12.7. The summed E-state index contributed by atoms with van der Waals surface area (Å²) in [7, 11) is 0. The van der Waals surface area contributed by atoms with Crippen molar-refractivity contribution >= 4 is 11.9 Å². The van der Waals surface area contributed by atoms with E-state index in [0.29, 0.717) is 18.9 Å². The molecule has 1 aromatic heterocycles. The van der Waals surface area contributed by atoms with Crippen LogP contribution < -0.4 is 5.32 Å². The third-order valence-electron chi connectivity index (χ3n) is 3.33. The molecule has 2 N–H and O–H groups in total. The van der Waals surface area contributed by atoms with Gasteiger partial charge < -0.3 is 10.4 Å². The van der Waals surface area contributed by atoms with E-state index in [2.05, 4.69) is 36.1 Å². The van der Waals surface area contributed by atoms with Crippen LogP contribution in [0.5, 0.6) is 0 Å². The predicted octanol–water partition coefficient (Wildman–Crippen LogP) is 2.94. The molecule has 0 bridgehead atoms. The molecule has 0 spiro atoms. The molecule has 1 rings (SSSR count). The van der Waals surface area contributed by atoms with E-state index in [9.17, 15) is 9.18 Å². The highest BCUT2D eigenvalue weighted by Gasteiger charge is 2.24. The Balaban J connectivity index is 2.45. The second-order valence-corrected chi connectivity index (χ2v) is 5.94. The minimum atomic E-state index is -0.769. The minimum Gasteiger partial charge on any atom is -0.481 e. The third kappa shape index (κ3) is 5.95. The summed E-state index contributed by atoms with van der Waals surface area (Å²) in [5, 5.41) is 11.8. The van der Waals surface area contributed by atoms with Gasteiger partial charge in [0.25, 0.3) is 0 Å². The van der Waals surface area contributed by atoms with E-state index in [1.165, 1.54) is 0 Å². The first-order valence-corrected chi connectivity index (χ1v) is 6.72. The fourth-order valence-electron chi connectivity index (χ4n) is 2.07. The van der Waals surface area contributed by atoms with Gasteiger partial charge in [-0.2, -0.15) is 0 Å². The van der Waals surface area contributed by atoms with E-state index in [1.54, 1.807) is 0 Å². The van der Waals surface area contributed by atoms with Crippen molar-refractivity contribution in [3.8, 4) is 0 Å². The van der Waals surface area contributed by atoms with Gasteiger partial charge in [0.05, 0.1) is 12.4 Å². The van der Waals surface area contributed by atoms with Crippen molar-refractivity contribution in [2.45, 2.75) is 40.0 Å². The van der Waals surface area contributed by atoms with Crippen molar-refractivity contribution in [2.75, 3.05) is 11.9 Å². The fourth-order valence-corrected chi connectivity index (χ4v) is 2.07. The first-order valence-electron chi connectivity index (χ1n) is 6.72. The van der Waals surface area contributed by atoms with Gasteiger partial charge in [0, 0.05) is 13.0 Å². The van der Waals surface area contributed by atoms with Gasteiger partial charge >= 0.3 is 5.97 Å². The monoisotopic (exact) mass is 283 g/mol. The molecule has 0 radical (unpaired) electrons. The van der Waals surface area contributed by atoms with Gasteiger partial charge in [-0.05, 0) is 24.2 Å². The number of carbonyl (C=O) groups is 1. The Hall–Kier alpha value is -1.72. The molecule has 0 aliphatic heterocycles. The van der Waals surface area contributed by atoms with Crippen molar-refractivity contribution in [1.82, 2.24) is 9.97 Å². The Morgan fingerprint density at radius 2 is 1.95 bits per heavy atom. The summed E-state index contributed by atoms with van der Waals surface area (Å²) < 4.78 is 12.7. The first-order chi connectivity index (χ1) is 9.29. The summed E-state index contributed by atoms with van der Waals surface area (Å²) in [5.41, 5.74) is 0.0424. The van der Waals surface area contributed by atoms with Crippen LogP contribution in [0, 0.1) is 17.2 Å². The summed E-state index contributed by atoms with van der Waals surface area (Å²) >= 11 is 0. The van der Waals surface area contributed by atoms with Crippen LogP contribution in [0.4, 0.5) is 10.3 Å². The molecule has 0 aliphatic carbocycles. The summed E-state index contributed by atoms with van der Waals surface area (Å²) in [6.07, 6.45) is 3.86. The molecule has 6 heteroatoms. The zero-order chi connectivity index (χ0) is 15.2. The van der Waals surface area contributed by atoms with Crippen LogP contribution in [0.1, 0.15) is 40.0 Å². The van der Waals surface area contributed by atoms with Crippen molar-refractivity contribution in [3.05, 3.63) is 18.2 Å².